The second kappa shape index (κ2) is 5.62. The summed E-state index contributed by atoms with van der Waals surface area (Å²) in [6.07, 6.45) is 2.14. The molecule has 1 unspecified atom stereocenters. The zero-order valence-electron chi connectivity index (χ0n) is 12.9. The minimum absolute atomic E-state index is 0.0113. The van der Waals surface area contributed by atoms with Gasteiger partial charge in [0.2, 0.25) is 0 Å². The number of likely N-dealkylation sites (tertiary alicyclic amines) is 1. The molecule has 1 heterocycles. The standard InChI is InChI=1S/C17H20N2O3/c1-17(21-2,13-5-6-13)16(20)19-10-15(11-19)22-14-7-3-12(9-18)4-8-14/h3-4,7-8,13,15H,5-6,10-11H2,1-2H3. The molecule has 1 amide bonds. The largest absolute Gasteiger partial charge is 0.487 e. The number of nitrogens with zero attached hydrogens (tertiary/aromatic N) is 2. The van der Waals surface area contributed by atoms with Gasteiger partial charge < -0.3 is 14.4 Å². The molecule has 1 atom stereocenters. The van der Waals surface area contributed by atoms with Crippen molar-refractivity contribution < 1.29 is 14.3 Å². The lowest BCUT2D eigenvalue weighted by Gasteiger charge is -2.43. The maximum atomic E-state index is 12.6. The molecule has 5 nitrogen and oxygen atoms in total. The fourth-order valence-electron chi connectivity index (χ4n) is 2.86. The van der Waals surface area contributed by atoms with Gasteiger partial charge in [-0.1, -0.05) is 0 Å². The SMILES string of the molecule is COC(C)(C(=O)N1CC(Oc2ccc(C#N)cc2)C1)C1CC1. The summed E-state index contributed by atoms with van der Waals surface area (Å²) in [6.45, 7) is 3.07. The molecule has 0 aromatic heterocycles. The van der Waals surface area contributed by atoms with Gasteiger partial charge in [0, 0.05) is 7.11 Å². The number of amides is 1. The molecule has 1 aromatic carbocycles. The molecular formula is C17H20N2O3. The Morgan fingerprint density at radius 1 is 1.32 bits per heavy atom. The highest BCUT2D eigenvalue weighted by atomic mass is 16.5. The summed E-state index contributed by atoms with van der Waals surface area (Å²) in [4.78, 5) is 14.4. The van der Waals surface area contributed by atoms with E-state index in [9.17, 15) is 4.79 Å². The third-order valence-electron chi connectivity index (χ3n) is 4.63. The predicted octanol–water partition coefficient (Wildman–Crippen LogP) is 1.96. The van der Waals surface area contributed by atoms with Crippen molar-refractivity contribution in [3.63, 3.8) is 0 Å². The van der Waals surface area contributed by atoms with E-state index in [0.717, 1.165) is 18.6 Å². The molecule has 3 rings (SSSR count). The van der Waals surface area contributed by atoms with Gasteiger partial charge in [-0.05, 0) is 49.9 Å². The number of carbonyl (C=O) groups excluding carboxylic acids is 1. The van der Waals surface area contributed by atoms with E-state index in [-0.39, 0.29) is 12.0 Å². The van der Waals surface area contributed by atoms with Crippen molar-refractivity contribution >= 4 is 5.91 Å². The minimum Gasteiger partial charge on any atom is -0.487 e. The van der Waals surface area contributed by atoms with Crippen LogP contribution in [-0.4, -0.2) is 42.7 Å². The molecule has 1 aliphatic heterocycles. The second-order valence-electron chi connectivity index (χ2n) is 6.17. The number of benzene rings is 1. The first kappa shape index (κ1) is 14.9. The van der Waals surface area contributed by atoms with Crippen molar-refractivity contribution in [2.75, 3.05) is 20.2 Å². The topological polar surface area (TPSA) is 62.6 Å². The van der Waals surface area contributed by atoms with Gasteiger partial charge in [0.15, 0.2) is 0 Å². The van der Waals surface area contributed by atoms with E-state index >= 15 is 0 Å². The maximum absolute atomic E-state index is 12.6. The number of methoxy groups -OCH3 is 1. The normalized spacial score (nSPS) is 20.7. The molecule has 1 aromatic rings. The summed E-state index contributed by atoms with van der Waals surface area (Å²) in [7, 11) is 1.61. The van der Waals surface area contributed by atoms with Crippen LogP contribution >= 0.6 is 0 Å². The molecule has 1 aliphatic carbocycles. The molecule has 0 bridgehead atoms. The van der Waals surface area contributed by atoms with E-state index in [4.69, 9.17) is 14.7 Å². The van der Waals surface area contributed by atoms with Crippen molar-refractivity contribution in [3.8, 4) is 11.8 Å². The van der Waals surface area contributed by atoms with Gasteiger partial charge in [-0.15, -0.1) is 0 Å². The van der Waals surface area contributed by atoms with Gasteiger partial charge >= 0.3 is 0 Å². The van der Waals surface area contributed by atoms with Gasteiger partial charge in [-0.2, -0.15) is 5.26 Å². The third-order valence-corrected chi connectivity index (χ3v) is 4.63. The Morgan fingerprint density at radius 3 is 2.45 bits per heavy atom. The van der Waals surface area contributed by atoms with Crippen LogP contribution < -0.4 is 4.74 Å². The van der Waals surface area contributed by atoms with Gasteiger partial charge in [0.05, 0.1) is 24.7 Å². The summed E-state index contributed by atoms with van der Waals surface area (Å²) in [5.41, 5.74) is -0.0718. The first-order chi connectivity index (χ1) is 10.6. The molecule has 1 saturated carbocycles. The first-order valence-corrected chi connectivity index (χ1v) is 7.58. The molecule has 0 radical (unpaired) electrons. The van der Waals surface area contributed by atoms with Crippen molar-refractivity contribution in [2.24, 2.45) is 5.92 Å². The molecule has 2 fully saturated rings. The van der Waals surface area contributed by atoms with E-state index in [0.29, 0.717) is 24.6 Å². The average Bonchev–Trinajstić information content (AvgIpc) is 3.34. The number of hydrogen-bond donors (Lipinski definition) is 0. The average molecular weight is 300 g/mol. The Kier molecular flexibility index (Phi) is 3.79. The maximum Gasteiger partial charge on any atom is 0.255 e. The lowest BCUT2D eigenvalue weighted by atomic mass is 9.96. The molecule has 1 saturated heterocycles. The van der Waals surface area contributed by atoms with E-state index in [1.54, 1.807) is 36.3 Å². The van der Waals surface area contributed by atoms with Crippen LogP contribution in [0.25, 0.3) is 0 Å². The van der Waals surface area contributed by atoms with Gasteiger partial charge in [-0.25, -0.2) is 0 Å². The van der Waals surface area contributed by atoms with Gasteiger partial charge in [0.1, 0.15) is 17.5 Å². The molecule has 116 valence electrons. The number of hydrogen-bond acceptors (Lipinski definition) is 4. The second-order valence-corrected chi connectivity index (χ2v) is 6.17. The van der Waals surface area contributed by atoms with Crippen LogP contribution in [0.2, 0.25) is 0 Å². The van der Waals surface area contributed by atoms with Crippen LogP contribution in [0, 0.1) is 17.2 Å². The van der Waals surface area contributed by atoms with Crippen LogP contribution in [0.4, 0.5) is 0 Å². The van der Waals surface area contributed by atoms with E-state index < -0.39 is 5.60 Å². The lowest BCUT2D eigenvalue weighted by molar-refractivity contribution is -0.164. The van der Waals surface area contributed by atoms with E-state index in [1.807, 2.05) is 6.92 Å². The zero-order valence-corrected chi connectivity index (χ0v) is 12.9. The molecular weight excluding hydrogens is 280 g/mol. The summed E-state index contributed by atoms with van der Waals surface area (Å²) in [5, 5.41) is 8.77. The fourth-order valence-corrected chi connectivity index (χ4v) is 2.86. The first-order valence-electron chi connectivity index (χ1n) is 7.58. The summed E-state index contributed by atoms with van der Waals surface area (Å²) in [5.74, 6) is 1.15. The van der Waals surface area contributed by atoms with Gasteiger partial charge in [0.25, 0.3) is 5.91 Å². The van der Waals surface area contributed by atoms with Crippen LogP contribution in [0.15, 0.2) is 24.3 Å². The Morgan fingerprint density at radius 2 is 1.95 bits per heavy atom. The van der Waals surface area contributed by atoms with E-state index in [2.05, 4.69) is 6.07 Å². The predicted molar refractivity (Wildman–Crippen MR) is 80.3 cm³/mol. The van der Waals surface area contributed by atoms with Crippen molar-refractivity contribution in [1.82, 2.24) is 4.90 Å². The summed E-state index contributed by atoms with van der Waals surface area (Å²) >= 11 is 0. The molecule has 0 spiro atoms. The number of carbonyl (C=O) groups is 1. The van der Waals surface area contributed by atoms with Gasteiger partial charge in [-0.3, -0.25) is 4.79 Å². The zero-order chi connectivity index (χ0) is 15.7. The Bertz CT molecular complexity index is 597. The third kappa shape index (κ3) is 2.67. The number of nitriles is 1. The molecule has 5 heteroatoms. The minimum atomic E-state index is -0.681. The molecule has 2 aliphatic rings. The number of ether oxygens (including phenoxy) is 2. The Hall–Kier alpha value is -2.06. The van der Waals surface area contributed by atoms with Crippen LogP contribution in [0.3, 0.4) is 0 Å². The van der Waals surface area contributed by atoms with E-state index in [1.165, 1.54) is 0 Å². The van der Waals surface area contributed by atoms with Crippen LogP contribution in [0.5, 0.6) is 5.75 Å². The smallest absolute Gasteiger partial charge is 0.255 e. The molecule has 22 heavy (non-hydrogen) atoms. The number of rotatable bonds is 5. The molecule has 0 N–H and O–H groups in total. The van der Waals surface area contributed by atoms with Crippen molar-refractivity contribution in [1.29, 1.82) is 5.26 Å². The summed E-state index contributed by atoms with van der Waals surface area (Å²) in [6, 6.07) is 9.10. The highest BCUT2D eigenvalue weighted by Gasteiger charge is 2.51. The van der Waals surface area contributed by atoms with Crippen molar-refractivity contribution in [2.45, 2.75) is 31.5 Å². The highest BCUT2D eigenvalue weighted by molar-refractivity contribution is 5.86. The Labute approximate surface area is 130 Å². The fraction of sp³-hybridized carbons (Fsp3) is 0.529. The summed E-state index contributed by atoms with van der Waals surface area (Å²) < 4.78 is 11.3. The Balaban J connectivity index is 1.53. The highest BCUT2D eigenvalue weighted by Crippen LogP contribution is 2.43. The lowest BCUT2D eigenvalue weighted by Crippen LogP contribution is -2.62. The van der Waals surface area contributed by atoms with Crippen LogP contribution in [-0.2, 0) is 9.53 Å². The monoisotopic (exact) mass is 300 g/mol. The van der Waals surface area contributed by atoms with Crippen LogP contribution in [0.1, 0.15) is 25.3 Å². The van der Waals surface area contributed by atoms with Crippen molar-refractivity contribution in [3.05, 3.63) is 29.8 Å². The quantitative estimate of drug-likeness (QED) is 0.834.